The Morgan fingerprint density at radius 2 is 1.85 bits per heavy atom. The van der Waals surface area contributed by atoms with E-state index in [0.29, 0.717) is 6.54 Å². The van der Waals surface area contributed by atoms with Crippen LogP contribution in [0.3, 0.4) is 0 Å². The molecule has 0 aliphatic carbocycles. The topological polar surface area (TPSA) is 42.2 Å². The summed E-state index contributed by atoms with van der Waals surface area (Å²) in [5.74, 6) is 0. The number of hydrogen-bond donors (Lipinski definition) is 1. The SMILES string of the molecule is CCCc1nc(N(C)c2cc(C)cc(C)c2)sc1CN. The lowest BCUT2D eigenvalue weighted by Gasteiger charge is -2.17. The number of thiazole rings is 1. The fourth-order valence-electron chi connectivity index (χ4n) is 2.36. The number of anilines is 2. The quantitative estimate of drug-likeness (QED) is 0.906. The molecule has 0 spiro atoms. The van der Waals surface area contributed by atoms with Gasteiger partial charge in [-0.25, -0.2) is 4.98 Å². The summed E-state index contributed by atoms with van der Waals surface area (Å²) in [5.41, 5.74) is 10.7. The minimum absolute atomic E-state index is 0.577. The molecule has 0 unspecified atom stereocenters. The van der Waals surface area contributed by atoms with E-state index in [0.717, 1.165) is 23.7 Å². The van der Waals surface area contributed by atoms with Crippen molar-refractivity contribution < 1.29 is 0 Å². The molecule has 0 fully saturated rings. The zero-order valence-corrected chi connectivity index (χ0v) is 13.5. The smallest absolute Gasteiger partial charge is 0.190 e. The van der Waals surface area contributed by atoms with Gasteiger partial charge in [0.05, 0.1) is 5.69 Å². The van der Waals surface area contributed by atoms with Gasteiger partial charge in [-0.2, -0.15) is 0 Å². The minimum atomic E-state index is 0.577. The Labute approximate surface area is 125 Å². The van der Waals surface area contributed by atoms with E-state index in [4.69, 9.17) is 10.7 Å². The largest absolute Gasteiger partial charge is 0.326 e. The molecule has 1 aromatic heterocycles. The maximum atomic E-state index is 5.83. The van der Waals surface area contributed by atoms with Crippen LogP contribution in [-0.4, -0.2) is 12.0 Å². The van der Waals surface area contributed by atoms with Crippen LogP contribution in [-0.2, 0) is 13.0 Å². The van der Waals surface area contributed by atoms with Gasteiger partial charge in [-0.3, -0.25) is 0 Å². The van der Waals surface area contributed by atoms with E-state index in [2.05, 4.69) is 50.9 Å². The first-order valence-corrected chi connectivity index (χ1v) is 7.87. The highest BCUT2D eigenvalue weighted by atomic mass is 32.1. The Bertz CT molecular complexity index is 569. The predicted molar refractivity (Wildman–Crippen MR) is 88.0 cm³/mol. The van der Waals surface area contributed by atoms with Gasteiger partial charge >= 0.3 is 0 Å². The van der Waals surface area contributed by atoms with Gasteiger partial charge < -0.3 is 10.6 Å². The molecule has 0 saturated carbocycles. The summed E-state index contributed by atoms with van der Waals surface area (Å²) in [4.78, 5) is 8.13. The monoisotopic (exact) mass is 289 g/mol. The molecule has 0 bridgehead atoms. The van der Waals surface area contributed by atoms with Crippen LogP contribution >= 0.6 is 11.3 Å². The van der Waals surface area contributed by atoms with Gasteiger partial charge in [0, 0.05) is 24.2 Å². The lowest BCUT2D eigenvalue weighted by Crippen LogP contribution is -2.09. The highest BCUT2D eigenvalue weighted by Crippen LogP contribution is 2.31. The summed E-state index contributed by atoms with van der Waals surface area (Å²) in [5, 5.41) is 1.03. The van der Waals surface area contributed by atoms with Crippen molar-refractivity contribution in [3.8, 4) is 0 Å². The van der Waals surface area contributed by atoms with Gasteiger partial charge in [0.25, 0.3) is 0 Å². The first-order valence-electron chi connectivity index (χ1n) is 7.05. The highest BCUT2D eigenvalue weighted by molar-refractivity contribution is 7.15. The summed E-state index contributed by atoms with van der Waals surface area (Å²) < 4.78 is 0. The second kappa shape index (κ2) is 6.37. The summed E-state index contributed by atoms with van der Waals surface area (Å²) >= 11 is 1.70. The maximum Gasteiger partial charge on any atom is 0.190 e. The van der Waals surface area contributed by atoms with E-state index in [1.807, 2.05) is 0 Å². The van der Waals surface area contributed by atoms with Crippen LogP contribution in [0.2, 0.25) is 0 Å². The molecule has 0 atom stereocenters. The second-order valence-corrected chi connectivity index (χ2v) is 6.29. The van der Waals surface area contributed by atoms with Gasteiger partial charge in [0.15, 0.2) is 5.13 Å². The molecule has 0 amide bonds. The fourth-order valence-corrected chi connectivity index (χ4v) is 3.33. The zero-order chi connectivity index (χ0) is 14.7. The molecular weight excluding hydrogens is 266 g/mol. The fraction of sp³-hybridized carbons (Fsp3) is 0.438. The second-order valence-electron chi connectivity index (χ2n) is 5.23. The minimum Gasteiger partial charge on any atom is -0.326 e. The number of nitrogens with two attached hydrogens (primary N) is 1. The van der Waals surface area contributed by atoms with Crippen molar-refractivity contribution in [3.63, 3.8) is 0 Å². The molecule has 1 heterocycles. The van der Waals surface area contributed by atoms with Crippen LogP contribution in [0.4, 0.5) is 10.8 Å². The van der Waals surface area contributed by atoms with E-state index in [1.54, 1.807) is 11.3 Å². The molecule has 0 aliphatic heterocycles. The Hall–Kier alpha value is -1.39. The Morgan fingerprint density at radius 1 is 1.20 bits per heavy atom. The van der Waals surface area contributed by atoms with Crippen molar-refractivity contribution in [3.05, 3.63) is 39.9 Å². The van der Waals surface area contributed by atoms with Crippen LogP contribution in [0.15, 0.2) is 18.2 Å². The first-order chi connectivity index (χ1) is 9.55. The van der Waals surface area contributed by atoms with E-state index >= 15 is 0 Å². The van der Waals surface area contributed by atoms with Crippen molar-refractivity contribution in [2.24, 2.45) is 5.73 Å². The van der Waals surface area contributed by atoms with Gasteiger partial charge in [0.2, 0.25) is 0 Å². The van der Waals surface area contributed by atoms with E-state index in [9.17, 15) is 0 Å². The lowest BCUT2D eigenvalue weighted by molar-refractivity contribution is 0.869. The summed E-state index contributed by atoms with van der Waals surface area (Å²) in [6.07, 6.45) is 2.10. The molecule has 1 aromatic carbocycles. The summed E-state index contributed by atoms with van der Waals surface area (Å²) in [7, 11) is 2.07. The molecule has 2 N–H and O–H groups in total. The molecule has 0 aliphatic rings. The third-order valence-corrected chi connectivity index (χ3v) is 4.52. The molecule has 4 heteroatoms. The molecule has 2 rings (SSSR count). The Morgan fingerprint density at radius 3 is 2.40 bits per heavy atom. The molecular formula is C16H23N3S. The predicted octanol–water partition coefficient (Wildman–Crippen LogP) is 3.94. The van der Waals surface area contributed by atoms with E-state index in [-0.39, 0.29) is 0 Å². The van der Waals surface area contributed by atoms with Crippen LogP contribution in [0.5, 0.6) is 0 Å². The first kappa shape index (κ1) is 15.0. The van der Waals surface area contributed by atoms with Crippen molar-refractivity contribution in [1.82, 2.24) is 4.98 Å². The molecule has 0 radical (unpaired) electrons. The number of benzene rings is 1. The molecule has 3 nitrogen and oxygen atoms in total. The Balaban J connectivity index is 2.34. The summed E-state index contributed by atoms with van der Waals surface area (Å²) in [6, 6.07) is 6.57. The number of rotatable bonds is 5. The number of aromatic nitrogens is 1. The average Bonchev–Trinajstić information content (AvgIpc) is 2.80. The van der Waals surface area contributed by atoms with Gasteiger partial charge in [0.1, 0.15) is 0 Å². The molecule has 20 heavy (non-hydrogen) atoms. The third kappa shape index (κ3) is 3.19. The van der Waals surface area contributed by atoms with Crippen molar-refractivity contribution in [2.75, 3.05) is 11.9 Å². The van der Waals surface area contributed by atoms with Crippen molar-refractivity contribution in [2.45, 2.75) is 40.2 Å². The average molecular weight is 289 g/mol. The van der Waals surface area contributed by atoms with E-state index < -0.39 is 0 Å². The van der Waals surface area contributed by atoms with Crippen molar-refractivity contribution >= 4 is 22.2 Å². The van der Waals surface area contributed by atoms with Crippen LogP contribution in [0, 0.1) is 13.8 Å². The Kier molecular flexibility index (Phi) is 4.78. The zero-order valence-electron chi connectivity index (χ0n) is 12.7. The van der Waals surface area contributed by atoms with Gasteiger partial charge in [-0.05, 0) is 43.5 Å². The normalized spacial score (nSPS) is 10.8. The van der Waals surface area contributed by atoms with Crippen LogP contribution in [0.1, 0.15) is 35.0 Å². The number of aryl methyl sites for hydroxylation is 3. The van der Waals surface area contributed by atoms with E-state index in [1.165, 1.54) is 21.7 Å². The van der Waals surface area contributed by atoms with Gasteiger partial charge in [-0.1, -0.05) is 30.7 Å². The summed E-state index contributed by atoms with van der Waals surface area (Å²) in [6.45, 7) is 7.00. The molecule has 108 valence electrons. The number of nitrogens with zero attached hydrogens (tertiary/aromatic N) is 2. The van der Waals surface area contributed by atoms with Gasteiger partial charge in [-0.15, -0.1) is 0 Å². The third-order valence-electron chi connectivity index (χ3n) is 3.32. The highest BCUT2D eigenvalue weighted by Gasteiger charge is 2.14. The number of hydrogen-bond acceptors (Lipinski definition) is 4. The standard InChI is InChI=1S/C16H23N3S/c1-5-6-14-15(10-17)20-16(18-14)19(4)13-8-11(2)7-12(3)9-13/h7-9H,5-6,10,17H2,1-4H3. The molecule has 2 aromatic rings. The van der Waals surface area contributed by atoms with Crippen molar-refractivity contribution in [1.29, 1.82) is 0 Å². The molecule has 0 saturated heterocycles. The maximum absolute atomic E-state index is 5.83. The lowest BCUT2D eigenvalue weighted by atomic mass is 10.1. The van der Waals surface area contributed by atoms with Crippen LogP contribution in [0.25, 0.3) is 0 Å². The van der Waals surface area contributed by atoms with Crippen LogP contribution < -0.4 is 10.6 Å².